The second-order valence-corrected chi connectivity index (χ2v) is 8.50. The molecule has 1 aromatic carbocycles. The smallest absolute Gasteiger partial charge is 0.238 e. The molecule has 8 nitrogen and oxygen atoms in total. The number of fused-ring (bicyclic) bond motifs is 3. The Morgan fingerprint density at radius 2 is 1.97 bits per heavy atom. The van der Waals surface area contributed by atoms with Gasteiger partial charge in [-0.2, -0.15) is 5.10 Å². The molecule has 30 heavy (non-hydrogen) atoms. The molecular formula is C21H25N7OS. The third-order valence-electron chi connectivity index (χ3n) is 5.25. The van der Waals surface area contributed by atoms with Crippen LogP contribution in [0.2, 0.25) is 0 Å². The standard InChI is InChI=1S/C21H25N7OS/c1-5-13(3)28-17(11-12-22-28)23-20(29)14(4)30-21-24-19-18(25-26-21)15-9-7-8-10-16(15)27(19)6-2/h7-14H,5-6H2,1-4H3,(H,23,29)/t13-,14+/m1/s1. The van der Waals surface area contributed by atoms with E-state index < -0.39 is 0 Å². The number of aromatic nitrogens is 6. The zero-order chi connectivity index (χ0) is 21.3. The fourth-order valence-corrected chi connectivity index (χ4v) is 4.15. The zero-order valence-electron chi connectivity index (χ0n) is 17.5. The molecule has 0 aliphatic heterocycles. The summed E-state index contributed by atoms with van der Waals surface area (Å²) in [5, 5.41) is 17.1. The quantitative estimate of drug-likeness (QED) is 0.446. The number of carbonyl (C=O) groups excluding carboxylic acids is 1. The normalized spacial score (nSPS) is 13.6. The van der Waals surface area contributed by atoms with Gasteiger partial charge >= 0.3 is 0 Å². The van der Waals surface area contributed by atoms with Crippen molar-refractivity contribution in [3.05, 3.63) is 36.5 Å². The molecular weight excluding hydrogens is 398 g/mol. The first kappa shape index (κ1) is 20.3. The van der Waals surface area contributed by atoms with Crippen LogP contribution in [0, 0.1) is 0 Å². The molecule has 0 fully saturated rings. The van der Waals surface area contributed by atoms with Crippen LogP contribution in [0.1, 0.15) is 40.2 Å². The van der Waals surface area contributed by atoms with Crippen LogP contribution in [-0.4, -0.2) is 40.7 Å². The number of anilines is 1. The molecule has 1 N–H and O–H groups in total. The highest BCUT2D eigenvalue weighted by atomic mass is 32.2. The van der Waals surface area contributed by atoms with Crippen LogP contribution >= 0.6 is 11.8 Å². The molecule has 0 aliphatic rings. The maximum Gasteiger partial charge on any atom is 0.238 e. The highest BCUT2D eigenvalue weighted by Gasteiger charge is 2.20. The molecule has 0 aliphatic carbocycles. The minimum Gasteiger partial charge on any atom is -0.324 e. The maximum atomic E-state index is 12.8. The highest BCUT2D eigenvalue weighted by Crippen LogP contribution is 2.28. The number of amides is 1. The van der Waals surface area contributed by atoms with Gasteiger partial charge < -0.3 is 9.88 Å². The second-order valence-electron chi connectivity index (χ2n) is 7.20. The van der Waals surface area contributed by atoms with Crippen LogP contribution in [0.25, 0.3) is 22.1 Å². The third-order valence-corrected chi connectivity index (χ3v) is 6.20. The number of benzene rings is 1. The van der Waals surface area contributed by atoms with Crippen LogP contribution in [0.15, 0.2) is 41.7 Å². The van der Waals surface area contributed by atoms with Crippen molar-refractivity contribution in [3.8, 4) is 0 Å². The minimum atomic E-state index is -0.385. The third kappa shape index (κ3) is 3.65. The minimum absolute atomic E-state index is 0.121. The monoisotopic (exact) mass is 423 g/mol. The van der Waals surface area contributed by atoms with E-state index in [2.05, 4.69) is 52.0 Å². The van der Waals surface area contributed by atoms with Gasteiger partial charge in [-0.05, 0) is 33.3 Å². The van der Waals surface area contributed by atoms with Crippen LogP contribution in [-0.2, 0) is 11.3 Å². The van der Waals surface area contributed by atoms with E-state index in [9.17, 15) is 4.79 Å². The summed E-state index contributed by atoms with van der Waals surface area (Å²) in [6, 6.07) is 10.1. The molecule has 4 rings (SSSR count). The first-order valence-corrected chi connectivity index (χ1v) is 11.0. The fraction of sp³-hybridized carbons (Fsp3) is 0.381. The molecule has 1 amide bonds. The highest BCUT2D eigenvalue weighted by molar-refractivity contribution is 8.00. The summed E-state index contributed by atoms with van der Waals surface area (Å²) in [4.78, 5) is 17.5. The number of thioether (sulfide) groups is 1. The van der Waals surface area contributed by atoms with Crippen LogP contribution < -0.4 is 5.32 Å². The Morgan fingerprint density at radius 1 is 1.17 bits per heavy atom. The number of para-hydroxylation sites is 1. The van der Waals surface area contributed by atoms with E-state index >= 15 is 0 Å². The SMILES string of the molecule is CC[C@@H](C)n1nccc1NC(=O)[C@H](C)Sc1nnc2c3ccccc3n(CC)c2n1. The molecule has 0 bridgehead atoms. The van der Waals surface area contributed by atoms with Gasteiger partial charge in [0.25, 0.3) is 0 Å². The van der Waals surface area contributed by atoms with E-state index in [-0.39, 0.29) is 17.2 Å². The Bertz CT molecular complexity index is 1200. The van der Waals surface area contributed by atoms with E-state index in [4.69, 9.17) is 4.98 Å². The van der Waals surface area contributed by atoms with Gasteiger partial charge in [-0.3, -0.25) is 4.79 Å². The number of rotatable bonds is 7. The van der Waals surface area contributed by atoms with Crippen LogP contribution in [0.4, 0.5) is 5.82 Å². The summed E-state index contributed by atoms with van der Waals surface area (Å²) in [7, 11) is 0. The van der Waals surface area contributed by atoms with Crippen molar-refractivity contribution in [2.24, 2.45) is 0 Å². The van der Waals surface area contributed by atoms with Crippen LogP contribution in [0.3, 0.4) is 0 Å². The van der Waals surface area contributed by atoms with Crippen molar-refractivity contribution in [1.82, 2.24) is 29.5 Å². The van der Waals surface area contributed by atoms with Gasteiger partial charge in [-0.15, -0.1) is 10.2 Å². The molecule has 0 spiro atoms. The van der Waals surface area contributed by atoms with Gasteiger partial charge in [-0.1, -0.05) is 36.9 Å². The molecule has 3 heterocycles. The van der Waals surface area contributed by atoms with Gasteiger partial charge in [0.2, 0.25) is 11.1 Å². The first-order chi connectivity index (χ1) is 14.5. The van der Waals surface area contributed by atoms with Gasteiger partial charge in [-0.25, -0.2) is 9.67 Å². The number of hydrogen-bond donors (Lipinski definition) is 1. The summed E-state index contributed by atoms with van der Waals surface area (Å²) in [5.41, 5.74) is 2.66. The Kier molecular flexibility index (Phi) is 5.72. The van der Waals surface area contributed by atoms with Gasteiger partial charge in [0, 0.05) is 18.0 Å². The molecule has 0 saturated heterocycles. The predicted octanol–water partition coefficient (Wildman–Crippen LogP) is 4.29. The lowest BCUT2D eigenvalue weighted by Gasteiger charge is -2.16. The average molecular weight is 424 g/mol. The van der Waals surface area contributed by atoms with Gasteiger partial charge in [0.1, 0.15) is 11.3 Å². The van der Waals surface area contributed by atoms with Crippen molar-refractivity contribution in [3.63, 3.8) is 0 Å². The Morgan fingerprint density at radius 3 is 2.73 bits per heavy atom. The van der Waals surface area contributed by atoms with E-state index in [1.165, 1.54) is 11.8 Å². The summed E-state index contributed by atoms with van der Waals surface area (Å²) >= 11 is 1.30. The van der Waals surface area contributed by atoms with Gasteiger partial charge in [0.05, 0.1) is 23.0 Å². The molecule has 2 atom stereocenters. The van der Waals surface area contributed by atoms with E-state index in [0.717, 1.165) is 35.0 Å². The van der Waals surface area contributed by atoms with Crippen molar-refractivity contribution in [2.75, 3.05) is 5.32 Å². The second kappa shape index (κ2) is 8.43. The molecule has 0 saturated carbocycles. The number of hydrogen-bond acceptors (Lipinski definition) is 6. The fourth-order valence-electron chi connectivity index (χ4n) is 3.44. The number of carbonyl (C=O) groups is 1. The van der Waals surface area contributed by atoms with Crippen molar-refractivity contribution in [1.29, 1.82) is 0 Å². The number of nitrogens with zero attached hydrogens (tertiary/aromatic N) is 6. The lowest BCUT2D eigenvalue weighted by Crippen LogP contribution is -2.25. The molecule has 0 radical (unpaired) electrons. The van der Waals surface area contributed by atoms with Crippen molar-refractivity contribution in [2.45, 2.75) is 57.1 Å². The average Bonchev–Trinajstić information content (AvgIpc) is 3.34. The van der Waals surface area contributed by atoms with E-state index in [1.54, 1.807) is 6.20 Å². The van der Waals surface area contributed by atoms with Gasteiger partial charge in [0.15, 0.2) is 5.65 Å². The van der Waals surface area contributed by atoms with Crippen molar-refractivity contribution >= 4 is 45.6 Å². The van der Waals surface area contributed by atoms with E-state index in [1.807, 2.05) is 35.9 Å². The first-order valence-electron chi connectivity index (χ1n) is 10.2. The van der Waals surface area contributed by atoms with E-state index in [0.29, 0.717) is 11.0 Å². The lowest BCUT2D eigenvalue weighted by molar-refractivity contribution is -0.115. The largest absolute Gasteiger partial charge is 0.324 e. The Hall–Kier alpha value is -2.94. The summed E-state index contributed by atoms with van der Waals surface area (Å²) in [5.74, 6) is 0.576. The molecule has 0 unspecified atom stereocenters. The predicted molar refractivity (Wildman–Crippen MR) is 120 cm³/mol. The molecule has 4 aromatic rings. The maximum absolute atomic E-state index is 12.8. The lowest BCUT2D eigenvalue weighted by atomic mass is 10.2. The van der Waals surface area contributed by atoms with Crippen molar-refractivity contribution < 1.29 is 4.79 Å². The summed E-state index contributed by atoms with van der Waals surface area (Å²) < 4.78 is 3.96. The zero-order valence-corrected chi connectivity index (χ0v) is 18.3. The number of aryl methyl sites for hydroxylation is 1. The topological polar surface area (TPSA) is 90.5 Å². The Balaban J connectivity index is 1.56. The summed E-state index contributed by atoms with van der Waals surface area (Å²) in [6.07, 6.45) is 2.63. The Labute approximate surface area is 179 Å². The van der Waals surface area contributed by atoms with Crippen LogP contribution in [0.5, 0.6) is 0 Å². The molecule has 3 aromatic heterocycles. The molecule has 156 valence electrons. The summed E-state index contributed by atoms with van der Waals surface area (Å²) in [6.45, 7) is 8.86. The molecule has 9 heteroatoms. The number of nitrogens with one attached hydrogen (secondary N) is 1.